The first-order chi connectivity index (χ1) is 7.74. The topological polar surface area (TPSA) is 46.2 Å². The Hall–Kier alpha value is -1.64. The van der Waals surface area contributed by atoms with Crippen molar-refractivity contribution < 1.29 is 9.59 Å². The number of carbonyl (C=O) groups is 2. The number of imide groups is 1. The molecule has 0 bridgehead atoms. The number of rotatable bonds is 2. The van der Waals surface area contributed by atoms with Gasteiger partial charge in [-0.1, -0.05) is 24.3 Å². The van der Waals surface area contributed by atoms with Crippen LogP contribution in [0.15, 0.2) is 24.3 Å². The highest BCUT2D eigenvalue weighted by Gasteiger charge is 2.32. The predicted octanol–water partition coefficient (Wildman–Crippen LogP) is 1.69. The summed E-state index contributed by atoms with van der Waals surface area (Å²) in [6, 6.07) is 8.14. The van der Waals surface area contributed by atoms with Crippen LogP contribution < -0.4 is 5.32 Å². The molecule has 2 aliphatic rings. The quantitative estimate of drug-likeness (QED) is 0.763. The third-order valence-corrected chi connectivity index (χ3v) is 3.36. The summed E-state index contributed by atoms with van der Waals surface area (Å²) < 4.78 is 0. The molecule has 82 valence electrons. The molecule has 1 N–H and O–H groups in total. The molecule has 1 heterocycles. The van der Waals surface area contributed by atoms with Gasteiger partial charge in [-0.2, -0.15) is 0 Å². The van der Waals surface area contributed by atoms with E-state index in [-0.39, 0.29) is 17.7 Å². The molecule has 0 aromatic heterocycles. The van der Waals surface area contributed by atoms with Gasteiger partial charge in [-0.3, -0.25) is 14.9 Å². The first-order valence-electron chi connectivity index (χ1n) is 5.67. The SMILES string of the molecule is O=C1CC(c2ccc(C3CC3)cc2)C(=O)N1. The van der Waals surface area contributed by atoms with Gasteiger partial charge in [0.05, 0.1) is 5.92 Å². The van der Waals surface area contributed by atoms with Crippen molar-refractivity contribution in [3.8, 4) is 0 Å². The highest BCUT2D eigenvalue weighted by atomic mass is 16.2. The van der Waals surface area contributed by atoms with E-state index in [1.165, 1.54) is 18.4 Å². The molecule has 1 unspecified atom stereocenters. The molecule has 1 saturated heterocycles. The van der Waals surface area contributed by atoms with Crippen molar-refractivity contribution >= 4 is 11.8 Å². The molecule has 1 atom stereocenters. The van der Waals surface area contributed by atoms with Crippen LogP contribution in [-0.2, 0) is 9.59 Å². The van der Waals surface area contributed by atoms with Gasteiger partial charge in [0.25, 0.3) is 0 Å². The Morgan fingerprint density at radius 1 is 1.00 bits per heavy atom. The number of benzene rings is 1. The Labute approximate surface area is 93.8 Å². The molecular formula is C13H13NO2. The normalized spacial score (nSPS) is 24.6. The van der Waals surface area contributed by atoms with Crippen molar-refractivity contribution in [1.29, 1.82) is 0 Å². The van der Waals surface area contributed by atoms with Crippen LogP contribution >= 0.6 is 0 Å². The van der Waals surface area contributed by atoms with Gasteiger partial charge < -0.3 is 0 Å². The number of hydrogen-bond donors (Lipinski definition) is 1. The lowest BCUT2D eigenvalue weighted by molar-refractivity contribution is -0.125. The maximum absolute atomic E-state index is 11.5. The molecule has 1 saturated carbocycles. The van der Waals surface area contributed by atoms with E-state index in [1.807, 2.05) is 12.1 Å². The third-order valence-electron chi connectivity index (χ3n) is 3.36. The van der Waals surface area contributed by atoms with Crippen LogP contribution in [0.4, 0.5) is 0 Å². The van der Waals surface area contributed by atoms with E-state index in [0.29, 0.717) is 6.42 Å². The van der Waals surface area contributed by atoms with E-state index >= 15 is 0 Å². The number of nitrogens with one attached hydrogen (secondary N) is 1. The Morgan fingerprint density at radius 2 is 1.62 bits per heavy atom. The highest BCUT2D eigenvalue weighted by molar-refractivity contribution is 6.06. The van der Waals surface area contributed by atoms with Crippen LogP contribution in [0.2, 0.25) is 0 Å². The average molecular weight is 215 g/mol. The molecule has 0 radical (unpaired) electrons. The van der Waals surface area contributed by atoms with Gasteiger partial charge >= 0.3 is 0 Å². The molecule has 1 aliphatic carbocycles. The Balaban J connectivity index is 1.83. The Kier molecular flexibility index (Phi) is 2.06. The summed E-state index contributed by atoms with van der Waals surface area (Å²) in [6.45, 7) is 0. The predicted molar refractivity (Wildman–Crippen MR) is 58.9 cm³/mol. The summed E-state index contributed by atoms with van der Waals surface area (Å²) in [5.74, 6) is 0.124. The van der Waals surface area contributed by atoms with Gasteiger partial charge in [0.1, 0.15) is 0 Å². The van der Waals surface area contributed by atoms with Crippen molar-refractivity contribution in [2.75, 3.05) is 0 Å². The first-order valence-corrected chi connectivity index (χ1v) is 5.67. The lowest BCUT2D eigenvalue weighted by atomic mass is 9.96. The van der Waals surface area contributed by atoms with E-state index in [0.717, 1.165) is 11.5 Å². The largest absolute Gasteiger partial charge is 0.296 e. The van der Waals surface area contributed by atoms with Crippen LogP contribution in [0.25, 0.3) is 0 Å². The van der Waals surface area contributed by atoms with Gasteiger partial charge in [-0.25, -0.2) is 0 Å². The summed E-state index contributed by atoms with van der Waals surface area (Å²) in [4.78, 5) is 22.6. The van der Waals surface area contributed by atoms with Crippen molar-refractivity contribution in [2.24, 2.45) is 0 Å². The molecule has 2 fully saturated rings. The number of hydrogen-bond acceptors (Lipinski definition) is 2. The maximum Gasteiger partial charge on any atom is 0.234 e. The third kappa shape index (κ3) is 1.62. The number of carbonyl (C=O) groups excluding carboxylic acids is 2. The summed E-state index contributed by atoms with van der Waals surface area (Å²) in [6.07, 6.45) is 2.85. The summed E-state index contributed by atoms with van der Waals surface area (Å²) in [5.41, 5.74) is 2.31. The van der Waals surface area contributed by atoms with Crippen LogP contribution in [0.3, 0.4) is 0 Å². The van der Waals surface area contributed by atoms with Crippen LogP contribution in [-0.4, -0.2) is 11.8 Å². The zero-order valence-corrected chi connectivity index (χ0v) is 8.90. The van der Waals surface area contributed by atoms with Crippen molar-refractivity contribution in [2.45, 2.75) is 31.1 Å². The van der Waals surface area contributed by atoms with E-state index in [1.54, 1.807) is 0 Å². The van der Waals surface area contributed by atoms with Gasteiger partial charge in [0.2, 0.25) is 11.8 Å². The standard InChI is InChI=1S/C13H13NO2/c15-12-7-11(13(16)14-12)10-5-3-9(4-6-10)8-1-2-8/h3-6,8,11H,1-2,7H2,(H,14,15,16). The van der Waals surface area contributed by atoms with Crippen molar-refractivity contribution in [3.05, 3.63) is 35.4 Å². The molecule has 16 heavy (non-hydrogen) atoms. The fourth-order valence-corrected chi connectivity index (χ4v) is 2.24. The molecule has 1 aromatic rings. The molecule has 3 rings (SSSR count). The fraction of sp³-hybridized carbons (Fsp3) is 0.385. The van der Waals surface area contributed by atoms with Crippen molar-refractivity contribution in [1.82, 2.24) is 5.32 Å². The number of amides is 2. The maximum atomic E-state index is 11.5. The van der Waals surface area contributed by atoms with Gasteiger partial charge in [0, 0.05) is 6.42 Å². The second-order valence-electron chi connectivity index (χ2n) is 4.61. The molecule has 2 amide bonds. The van der Waals surface area contributed by atoms with Crippen LogP contribution in [0.5, 0.6) is 0 Å². The molecule has 1 aromatic carbocycles. The Bertz CT molecular complexity index is 446. The molecule has 1 aliphatic heterocycles. The smallest absolute Gasteiger partial charge is 0.234 e. The minimum Gasteiger partial charge on any atom is -0.296 e. The molecule has 3 nitrogen and oxygen atoms in total. The molecular weight excluding hydrogens is 202 g/mol. The van der Waals surface area contributed by atoms with Crippen molar-refractivity contribution in [3.63, 3.8) is 0 Å². The Morgan fingerprint density at radius 3 is 2.12 bits per heavy atom. The van der Waals surface area contributed by atoms with Gasteiger partial charge in [-0.15, -0.1) is 0 Å². The summed E-state index contributed by atoms with van der Waals surface area (Å²) in [5, 5.41) is 2.34. The van der Waals surface area contributed by atoms with E-state index < -0.39 is 0 Å². The monoisotopic (exact) mass is 215 g/mol. The van der Waals surface area contributed by atoms with E-state index in [4.69, 9.17) is 0 Å². The van der Waals surface area contributed by atoms with Crippen LogP contribution in [0, 0.1) is 0 Å². The molecule has 3 heteroatoms. The zero-order valence-electron chi connectivity index (χ0n) is 8.90. The average Bonchev–Trinajstić information content (AvgIpc) is 3.05. The van der Waals surface area contributed by atoms with Gasteiger partial charge in [-0.05, 0) is 29.9 Å². The summed E-state index contributed by atoms with van der Waals surface area (Å²) in [7, 11) is 0. The van der Waals surface area contributed by atoms with Crippen LogP contribution in [0.1, 0.15) is 42.2 Å². The lowest BCUT2D eigenvalue weighted by Gasteiger charge is -2.07. The molecule has 0 spiro atoms. The zero-order chi connectivity index (χ0) is 11.1. The van der Waals surface area contributed by atoms with E-state index in [9.17, 15) is 9.59 Å². The second kappa shape index (κ2) is 3.44. The minimum absolute atomic E-state index is 0.163. The highest BCUT2D eigenvalue weighted by Crippen LogP contribution is 2.40. The minimum atomic E-state index is -0.277. The van der Waals surface area contributed by atoms with Gasteiger partial charge in [0.15, 0.2) is 0 Å². The second-order valence-corrected chi connectivity index (χ2v) is 4.61. The lowest BCUT2D eigenvalue weighted by Crippen LogP contribution is -2.21. The van der Waals surface area contributed by atoms with E-state index in [2.05, 4.69) is 17.4 Å². The summed E-state index contributed by atoms with van der Waals surface area (Å²) >= 11 is 0. The fourth-order valence-electron chi connectivity index (χ4n) is 2.24. The first kappa shape index (κ1) is 9.58.